The van der Waals surface area contributed by atoms with Crippen LogP contribution in [0.5, 0.6) is 0 Å². The van der Waals surface area contributed by atoms with E-state index in [0.29, 0.717) is 24.9 Å². The van der Waals surface area contributed by atoms with Crippen LogP contribution in [0.3, 0.4) is 0 Å². The molecule has 1 fully saturated rings. The van der Waals surface area contributed by atoms with E-state index < -0.39 is 0 Å². The molecule has 1 N–H and O–H groups in total. The monoisotopic (exact) mass is 435 g/mol. The second-order valence-electron chi connectivity index (χ2n) is 8.07. The van der Waals surface area contributed by atoms with Crippen LogP contribution in [0.4, 0.5) is 5.82 Å². The molecule has 3 aromatic rings. The first-order valence-electron chi connectivity index (χ1n) is 11.0. The van der Waals surface area contributed by atoms with Gasteiger partial charge in [-0.25, -0.2) is 4.98 Å². The molecule has 8 nitrogen and oxygen atoms in total. The molecule has 8 heteroatoms. The van der Waals surface area contributed by atoms with E-state index in [-0.39, 0.29) is 11.8 Å². The molecule has 0 unspecified atom stereocenters. The summed E-state index contributed by atoms with van der Waals surface area (Å²) in [5.74, 6) is 1.97. The molecule has 1 amide bonds. The predicted molar refractivity (Wildman–Crippen MR) is 122 cm³/mol. The minimum absolute atomic E-state index is 0.0253. The maximum absolute atomic E-state index is 12.4. The summed E-state index contributed by atoms with van der Waals surface area (Å²) in [5, 5.41) is 7.19. The lowest BCUT2D eigenvalue weighted by atomic mass is 9.95. The second-order valence-corrected chi connectivity index (χ2v) is 8.07. The smallest absolute Gasteiger partial charge is 0.261 e. The lowest BCUT2D eigenvalue weighted by Gasteiger charge is -2.32. The van der Waals surface area contributed by atoms with E-state index >= 15 is 0 Å². The van der Waals surface area contributed by atoms with Gasteiger partial charge in [0, 0.05) is 51.0 Å². The maximum Gasteiger partial charge on any atom is 0.261 e. The van der Waals surface area contributed by atoms with Gasteiger partial charge in [-0.2, -0.15) is 4.98 Å². The van der Waals surface area contributed by atoms with Gasteiger partial charge in [-0.1, -0.05) is 28.9 Å². The van der Waals surface area contributed by atoms with Crippen molar-refractivity contribution in [2.24, 2.45) is 5.92 Å². The molecule has 1 aliphatic heterocycles. The molecule has 1 aliphatic rings. The topological polar surface area (TPSA) is 93.4 Å². The van der Waals surface area contributed by atoms with Gasteiger partial charge >= 0.3 is 0 Å². The molecular formula is C24H29N5O3. The van der Waals surface area contributed by atoms with Crippen LogP contribution in [0.25, 0.3) is 22.8 Å². The third kappa shape index (κ3) is 5.13. The van der Waals surface area contributed by atoms with Crippen LogP contribution in [-0.2, 0) is 9.53 Å². The first kappa shape index (κ1) is 22.0. The molecule has 1 saturated heterocycles. The zero-order valence-corrected chi connectivity index (χ0v) is 18.6. The lowest BCUT2D eigenvalue weighted by molar-refractivity contribution is -0.125. The summed E-state index contributed by atoms with van der Waals surface area (Å²) in [7, 11) is 1.67. The third-order valence-corrected chi connectivity index (χ3v) is 5.71. The van der Waals surface area contributed by atoms with Crippen LogP contribution < -0.4 is 10.2 Å². The number of aromatic nitrogens is 3. The Labute approximate surface area is 188 Å². The van der Waals surface area contributed by atoms with Gasteiger partial charge in [-0.3, -0.25) is 4.79 Å². The fourth-order valence-corrected chi connectivity index (χ4v) is 3.98. The molecule has 0 atom stereocenters. The second kappa shape index (κ2) is 10.4. The van der Waals surface area contributed by atoms with E-state index in [4.69, 9.17) is 9.26 Å². The number of aryl methyl sites for hydroxylation is 1. The molecule has 0 aliphatic carbocycles. The first-order valence-corrected chi connectivity index (χ1v) is 11.0. The summed E-state index contributed by atoms with van der Waals surface area (Å²) in [4.78, 5) is 23.8. The Bertz CT molecular complexity index is 1040. The molecular weight excluding hydrogens is 406 g/mol. The summed E-state index contributed by atoms with van der Waals surface area (Å²) in [6.45, 7) is 4.84. The van der Waals surface area contributed by atoms with Gasteiger partial charge in [-0.05, 0) is 44.4 Å². The Kier molecular flexibility index (Phi) is 7.11. The van der Waals surface area contributed by atoms with Crippen LogP contribution in [0.2, 0.25) is 0 Å². The molecule has 32 heavy (non-hydrogen) atoms. The fraction of sp³-hybridized carbons (Fsp3) is 0.417. The summed E-state index contributed by atoms with van der Waals surface area (Å²) in [5.41, 5.74) is 2.87. The highest BCUT2D eigenvalue weighted by molar-refractivity contribution is 5.79. The highest BCUT2D eigenvalue weighted by Gasteiger charge is 2.27. The molecule has 168 valence electrons. The number of nitrogens with one attached hydrogen (secondary N) is 1. The molecule has 0 radical (unpaired) electrons. The largest absolute Gasteiger partial charge is 0.385 e. The van der Waals surface area contributed by atoms with Crippen molar-refractivity contribution in [3.63, 3.8) is 0 Å². The SMILES string of the molecule is COCCCNC(=O)C1CCN(c2ncccc2-c2nc(-c3cccc(C)c3)no2)CC1. The summed E-state index contributed by atoms with van der Waals surface area (Å²) in [6.07, 6.45) is 4.16. The number of pyridine rings is 1. The van der Waals surface area contributed by atoms with Gasteiger partial charge in [0.05, 0.1) is 5.56 Å². The van der Waals surface area contributed by atoms with Gasteiger partial charge < -0.3 is 19.5 Å². The highest BCUT2D eigenvalue weighted by Crippen LogP contribution is 2.32. The van der Waals surface area contributed by atoms with E-state index in [1.165, 1.54) is 0 Å². The molecule has 0 saturated carbocycles. The van der Waals surface area contributed by atoms with Crippen molar-refractivity contribution in [2.75, 3.05) is 38.3 Å². The number of anilines is 1. The number of rotatable bonds is 8. The zero-order valence-electron chi connectivity index (χ0n) is 18.6. The number of hydrogen-bond acceptors (Lipinski definition) is 7. The van der Waals surface area contributed by atoms with Gasteiger partial charge in [0.15, 0.2) is 0 Å². The quantitative estimate of drug-likeness (QED) is 0.542. The van der Waals surface area contributed by atoms with Crippen LogP contribution in [0.15, 0.2) is 47.1 Å². The van der Waals surface area contributed by atoms with E-state index in [0.717, 1.165) is 54.9 Å². The number of methoxy groups -OCH3 is 1. The van der Waals surface area contributed by atoms with E-state index in [1.807, 2.05) is 43.3 Å². The molecule has 1 aromatic carbocycles. The Balaban J connectivity index is 1.43. The highest BCUT2D eigenvalue weighted by atomic mass is 16.5. The van der Waals surface area contributed by atoms with Gasteiger partial charge in [0.1, 0.15) is 5.82 Å². The predicted octanol–water partition coefficient (Wildman–Crippen LogP) is 3.48. The van der Waals surface area contributed by atoms with Crippen molar-refractivity contribution in [1.82, 2.24) is 20.4 Å². The Morgan fingerprint density at radius 3 is 2.88 bits per heavy atom. The number of ether oxygens (including phenoxy) is 1. The van der Waals surface area contributed by atoms with Crippen molar-refractivity contribution >= 4 is 11.7 Å². The first-order chi connectivity index (χ1) is 15.7. The van der Waals surface area contributed by atoms with Crippen molar-refractivity contribution < 1.29 is 14.1 Å². The number of carbonyl (C=O) groups excluding carboxylic acids is 1. The fourth-order valence-electron chi connectivity index (χ4n) is 3.98. The van der Waals surface area contributed by atoms with Crippen molar-refractivity contribution in [3.8, 4) is 22.8 Å². The lowest BCUT2D eigenvalue weighted by Crippen LogP contribution is -2.41. The Morgan fingerprint density at radius 2 is 2.09 bits per heavy atom. The molecule has 2 aromatic heterocycles. The average molecular weight is 436 g/mol. The summed E-state index contributed by atoms with van der Waals surface area (Å²) < 4.78 is 10.6. The van der Waals surface area contributed by atoms with Crippen LogP contribution >= 0.6 is 0 Å². The van der Waals surface area contributed by atoms with E-state index in [1.54, 1.807) is 13.3 Å². The summed E-state index contributed by atoms with van der Waals surface area (Å²) >= 11 is 0. The molecule has 4 rings (SSSR count). The minimum atomic E-state index is 0.0253. The number of carbonyl (C=O) groups is 1. The Morgan fingerprint density at radius 1 is 1.25 bits per heavy atom. The van der Waals surface area contributed by atoms with Gasteiger partial charge in [0.25, 0.3) is 5.89 Å². The summed E-state index contributed by atoms with van der Waals surface area (Å²) in [6, 6.07) is 11.8. The van der Waals surface area contributed by atoms with Crippen LogP contribution in [0.1, 0.15) is 24.8 Å². The van der Waals surface area contributed by atoms with Crippen molar-refractivity contribution in [1.29, 1.82) is 0 Å². The van der Waals surface area contributed by atoms with E-state index in [2.05, 4.69) is 25.3 Å². The molecule has 0 bridgehead atoms. The number of piperidine rings is 1. The van der Waals surface area contributed by atoms with Crippen LogP contribution in [0, 0.1) is 12.8 Å². The average Bonchev–Trinajstić information content (AvgIpc) is 3.32. The van der Waals surface area contributed by atoms with Crippen molar-refractivity contribution in [3.05, 3.63) is 48.2 Å². The van der Waals surface area contributed by atoms with E-state index in [9.17, 15) is 4.79 Å². The Hall–Kier alpha value is -3.26. The van der Waals surface area contributed by atoms with Gasteiger partial charge in [0.2, 0.25) is 11.7 Å². The maximum atomic E-state index is 12.4. The normalized spacial score (nSPS) is 14.5. The van der Waals surface area contributed by atoms with Crippen molar-refractivity contribution in [2.45, 2.75) is 26.2 Å². The van der Waals surface area contributed by atoms with Gasteiger partial charge in [-0.15, -0.1) is 0 Å². The standard InChI is InChI=1S/C24H29N5O3/c1-17-6-3-7-19(16-17)21-27-24(32-28-21)20-8-4-11-25-22(20)29-13-9-18(10-14-29)23(30)26-12-5-15-31-2/h3-4,6-8,11,16,18H,5,9-10,12-15H2,1-2H3,(H,26,30). The zero-order chi connectivity index (χ0) is 22.3. The number of amides is 1. The van der Waals surface area contributed by atoms with Crippen LogP contribution in [-0.4, -0.2) is 54.4 Å². The number of hydrogen-bond donors (Lipinski definition) is 1. The number of nitrogens with zero attached hydrogens (tertiary/aromatic N) is 4. The third-order valence-electron chi connectivity index (χ3n) is 5.71. The number of benzene rings is 1. The minimum Gasteiger partial charge on any atom is -0.385 e. The molecule has 0 spiro atoms. The molecule has 3 heterocycles.